The number of carbonyl (C=O) groups is 1. The van der Waals surface area contributed by atoms with Crippen LogP contribution in [0.2, 0.25) is 0 Å². The van der Waals surface area contributed by atoms with E-state index in [1.807, 2.05) is 0 Å². The van der Waals surface area contributed by atoms with E-state index in [1.54, 1.807) is 38.0 Å². The van der Waals surface area contributed by atoms with E-state index in [1.165, 1.54) is 20.5 Å². The smallest absolute Gasteiger partial charge is 0.338 e. The number of hydrogen-bond donors (Lipinski definition) is 1. The molecule has 10 heteroatoms. The van der Waals surface area contributed by atoms with Crippen LogP contribution in [0, 0.1) is 0 Å². The average Bonchev–Trinajstić information content (AvgIpc) is 3.20. The Morgan fingerprint density at radius 1 is 1.17 bits per heavy atom. The number of fused-ring (bicyclic) bond motifs is 1. The Morgan fingerprint density at radius 2 is 1.97 bits per heavy atom. The molecule has 156 valence electrons. The average molecular weight is 404 g/mol. The number of ether oxygens (including phenoxy) is 5. The summed E-state index contributed by atoms with van der Waals surface area (Å²) in [6.07, 6.45) is 1.40. The van der Waals surface area contributed by atoms with Gasteiger partial charge in [0.1, 0.15) is 18.1 Å². The largest absolute Gasteiger partial charge is 0.497 e. The van der Waals surface area contributed by atoms with Gasteiger partial charge in [0.2, 0.25) is 5.95 Å². The summed E-state index contributed by atoms with van der Waals surface area (Å²) in [5, 5.41) is 7.41. The van der Waals surface area contributed by atoms with Crippen LogP contribution in [0.5, 0.6) is 17.2 Å². The highest BCUT2D eigenvalue weighted by atomic mass is 16.5. The van der Waals surface area contributed by atoms with Crippen molar-refractivity contribution >= 4 is 11.9 Å². The van der Waals surface area contributed by atoms with Crippen molar-refractivity contribution in [2.75, 3.05) is 47.0 Å². The van der Waals surface area contributed by atoms with Crippen LogP contribution in [0.1, 0.15) is 18.5 Å². The minimum Gasteiger partial charge on any atom is -0.497 e. The first kappa shape index (κ1) is 20.5. The molecule has 0 radical (unpaired) electrons. The summed E-state index contributed by atoms with van der Waals surface area (Å²) in [5.41, 5.74) is 1.47. The number of methoxy groups -OCH3 is 4. The number of rotatable bonds is 8. The van der Waals surface area contributed by atoms with E-state index < -0.39 is 12.0 Å². The van der Waals surface area contributed by atoms with Gasteiger partial charge in [0.25, 0.3) is 0 Å². The lowest BCUT2D eigenvalue weighted by molar-refractivity contribution is -0.139. The van der Waals surface area contributed by atoms with Crippen LogP contribution < -0.4 is 19.5 Å². The number of nitrogens with one attached hydrogen (secondary N) is 1. The number of hydrogen-bond acceptors (Lipinski definition) is 9. The van der Waals surface area contributed by atoms with E-state index in [9.17, 15) is 4.79 Å². The third-order valence-corrected chi connectivity index (χ3v) is 4.47. The Morgan fingerprint density at radius 3 is 2.59 bits per heavy atom. The van der Waals surface area contributed by atoms with E-state index in [4.69, 9.17) is 23.7 Å². The maximum atomic E-state index is 13.0. The van der Waals surface area contributed by atoms with Gasteiger partial charge >= 0.3 is 5.97 Å². The molecule has 1 unspecified atom stereocenters. The van der Waals surface area contributed by atoms with Crippen molar-refractivity contribution in [1.29, 1.82) is 0 Å². The molecule has 0 bridgehead atoms. The van der Waals surface area contributed by atoms with Crippen molar-refractivity contribution < 1.29 is 28.5 Å². The molecular weight excluding hydrogens is 380 g/mol. The van der Waals surface area contributed by atoms with Crippen molar-refractivity contribution in [2.45, 2.75) is 13.0 Å². The molecule has 0 amide bonds. The lowest BCUT2D eigenvalue weighted by Gasteiger charge is -2.30. The molecule has 10 nitrogen and oxygen atoms in total. The molecule has 0 fully saturated rings. The second-order valence-electron chi connectivity index (χ2n) is 6.05. The van der Waals surface area contributed by atoms with Crippen molar-refractivity contribution in [3.05, 3.63) is 35.3 Å². The Labute approximate surface area is 168 Å². The Balaban J connectivity index is 2.30. The summed E-state index contributed by atoms with van der Waals surface area (Å²) in [4.78, 5) is 17.2. The number of carbonyl (C=O) groups excluding carboxylic acids is 1. The maximum Gasteiger partial charge on any atom is 0.338 e. The maximum absolute atomic E-state index is 13.0. The normalized spacial score (nSPS) is 15.4. The predicted molar refractivity (Wildman–Crippen MR) is 103 cm³/mol. The molecule has 1 aromatic heterocycles. The van der Waals surface area contributed by atoms with Gasteiger partial charge in [-0.3, -0.25) is 0 Å². The molecule has 0 saturated heterocycles. The van der Waals surface area contributed by atoms with Crippen LogP contribution in [0.25, 0.3) is 0 Å². The molecule has 1 aliphatic rings. The van der Waals surface area contributed by atoms with Crippen molar-refractivity contribution in [1.82, 2.24) is 14.8 Å². The Kier molecular flexibility index (Phi) is 6.23. The van der Waals surface area contributed by atoms with Crippen molar-refractivity contribution in [3.63, 3.8) is 0 Å². The van der Waals surface area contributed by atoms with Crippen LogP contribution in [-0.2, 0) is 14.3 Å². The van der Waals surface area contributed by atoms with Crippen molar-refractivity contribution in [2.24, 2.45) is 0 Å². The molecule has 1 N–H and O–H groups in total. The summed E-state index contributed by atoms with van der Waals surface area (Å²) in [5.74, 6) is 1.40. The number of nitrogens with zero attached hydrogens (tertiary/aromatic N) is 3. The van der Waals surface area contributed by atoms with E-state index in [-0.39, 0.29) is 13.2 Å². The first-order valence-corrected chi connectivity index (χ1v) is 8.95. The molecular formula is C19H24N4O6. The standard InChI is InChI=1S/C19H24N4O6/c1-6-29-18(24)15-13(9-25-2)22-19-20-10-21-23(19)16(15)12-7-11(26-3)8-14(27-4)17(12)28-5/h7-8,10,16H,6,9H2,1-5H3,(H,20,21,22). The Hall–Kier alpha value is -3.27. The van der Waals surface area contributed by atoms with Crippen LogP contribution in [0.15, 0.2) is 29.7 Å². The van der Waals surface area contributed by atoms with Crippen LogP contribution >= 0.6 is 0 Å². The van der Waals surface area contributed by atoms with Gasteiger partial charge in [-0.1, -0.05) is 0 Å². The van der Waals surface area contributed by atoms with E-state index >= 15 is 0 Å². The highest BCUT2D eigenvalue weighted by Crippen LogP contribution is 2.45. The SMILES string of the molecule is CCOC(=O)C1=C(COC)Nc2ncnn2C1c1cc(OC)cc(OC)c1OC. The molecule has 29 heavy (non-hydrogen) atoms. The quantitative estimate of drug-likeness (QED) is 0.659. The minimum absolute atomic E-state index is 0.154. The number of anilines is 1. The summed E-state index contributed by atoms with van der Waals surface area (Å²) < 4.78 is 28.7. The second kappa shape index (κ2) is 8.82. The van der Waals surface area contributed by atoms with Gasteiger partial charge in [0.05, 0.1) is 45.8 Å². The first-order valence-electron chi connectivity index (χ1n) is 8.95. The zero-order valence-corrected chi connectivity index (χ0v) is 17.0. The molecule has 2 aromatic rings. The molecule has 1 aliphatic heterocycles. The lowest BCUT2D eigenvalue weighted by atomic mass is 9.94. The molecule has 0 saturated carbocycles. The van der Waals surface area contributed by atoms with E-state index in [0.29, 0.717) is 40.0 Å². The number of aromatic nitrogens is 3. The molecule has 1 aromatic carbocycles. The topological polar surface area (TPSA) is 106 Å². The molecule has 1 atom stereocenters. The summed E-state index contributed by atoms with van der Waals surface area (Å²) in [7, 11) is 6.15. The van der Waals surface area contributed by atoms with Gasteiger partial charge in [-0.25, -0.2) is 9.48 Å². The lowest BCUT2D eigenvalue weighted by Crippen LogP contribution is -2.32. The fraction of sp³-hybridized carbons (Fsp3) is 0.421. The molecule has 0 aliphatic carbocycles. The van der Waals surface area contributed by atoms with Gasteiger partial charge in [0, 0.05) is 18.7 Å². The van der Waals surface area contributed by atoms with E-state index in [0.717, 1.165) is 0 Å². The minimum atomic E-state index is -0.697. The highest BCUT2D eigenvalue weighted by molar-refractivity contribution is 5.93. The van der Waals surface area contributed by atoms with Gasteiger partial charge in [-0.15, -0.1) is 0 Å². The third-order valence-electron chi connectivity index (χ3n) is 4.47. The van der Waals surface area contributed by atoms with Gasteiger partial charge < -0.3 is 29.0 Å². The molecule has 2 heterocycles. The van der Waals surface area contributed by atoms with Crippen molar-refractivity contribution in [3.8, 4) is 17.2 Å². The zero-order chi connectivity index (χ0) is 21.0. The van der Waals surface area contributed by atoms with Gasteiger partial charge in [-0.2, -0.15) is 10.1 Å². The highest BCUT2D eigenvalue weighted by Gasteiger charge is 2.38. The molecule has 3 rings (SSSR count). The van der Waals surface area contributed by atoms with E-state index in [2.05, 4.69) is 15.4 Å². The Bertz CT molecular complexity index is 923. The summed E-state index contributed by atoms with van der Waals surface area (Å²) >= 11 is 0. The van der Waals surface area contributed by atoms with Gasteiger partial charge in [-0.05, 0) is 13.0 Å². The fourth-order valence-corrected chi connectivity index (χ4v) is 3.30. The van der Waals surface area contributed by atoms with Crippen LogP contribution in [-0.4, -0.2) is 62.4 Å². The summed E-state index contributed by atoms with van der Waals surface area (Å²) in [6, 6.07) is 2.78. The summed E-state index contributed by atoms with van der Waals surface area (Å²) in [6.45, 7) is 2.12. The van der Waals surface area contributed by atoms with Gasteiger partial charge in [0.15, 0.2) is 11.5 Å². The number of esters is 1. The predicted octanol–water partition coefficient (Wildman–Crippen LogP) is 1.78. The third kappa shape index (κ3) is 3.70. The fourth-order valence-electron chi connectivity index (χ4n) is 3.30. The van der Waals surface area contributed by atoms with Crippen LogP contribution in [0.3, 0.4) is 0 Å². The van der Waals surface area contributed by atoms with Crippen LogP contribution in [0.4, 0.5) is 5.95 Å². The first-order chi connectivity index (χ1) is 14.1. The monoisotopic (exact) mass is 404 g/mol. The zero-order valence-electron chi connectivity index (χ0n) is 17.0. The number of benzene rings is 1. The molecule has 0 spiro atoms. The second-order valence-corrected chi connectivity index (χ2v) is 6.05.